The summed E-state index contributed by atoms with van der Waals surface area (Å²) in [6, 6.07) is 2.55. The largest absolute Gasteiger partial charge is 0.491 e. The van der Waals surface area contributed by atoms with Crippen molar-refractivity contribution in [2.45, 2.75) is 6.42 Å². The molecular weight excluding hydrogens is 267 g/mol. The molecule has 15 heavy (non-hydrogen) atoms. The Morgan fingerprint density at radius 3 is 2.80 bits per heavy atom. The Morgan fingerprint density at radius 2 is 2.20 bits per heavy atom. The number of ether oxygens (including phenoxy) is 1. The van der Waals surface area contributed by atoms with Gasteiger partial charge in [-0.05, 0) is 22.0 Å². The number of amides is 1. The first kappa shape index (κ1) is 11.8. The fourth-order valence-corrected chi connectivity index (χ4v) is 1.29. The van der Waals surface area contributed by atoms with E-state index in [9.17, 15) is 9.18 Å². The van der Waals surface area contributed by atoms with Crippen molar-refractivity contribution in [1.82, 2.24) is 0 Å². The van der Waals surface area contributed by atoms with E-state index in [1.807, 2.05) is 0 Å². The van der Waals surface area contributed by atoms with E-state index < -0.39 is 11.7 Å². The molecule has 0 aliphatic rings. The van der Waals surface area contributed by atoms with E-state index in [-0.39, 0.29) is 23.2 Å². The summed E-state index contributed by atoms with van der Waals surface area (Å²) in [5.74, 6) is -0.749. The topological polar surface area (TPSA) is 78.3 Å². The predicted octanol–water partition coefficient (Wildman–Crippen LogP) is 1.42. The average Bonchev–Trinajstić information content (AvgIpc) is 2.13. The number of primary amides is 1. The van der Waals surface area contributed by atoms with Gasteiger partial charge in [0, 0.05) is 6.07 Å². The maximum Gasteiger partial charge on any atom is 0.220 e. The van der Waals surface area contributed by atoms with Crippen molar-refractivity contribution in [3.8, 4) is 5.75 Å². The Balaban J connectivity index is 2.69. The maximum atomic E-state index is 13.1. The highest BCUT2D eigenvalue weighted by molar-refractivity contribution is 9.10. The standard InChI is InChI=1S/C9H10BrFN2O2/c10-5-3-7(12)8(4-6(5)11)15-2-1-9(13)14/h3-4H,1-2,12H2,(H2,13,14). The molecule has 0 heterocycles. The second kappa shape index (κ2) is 4.97. The van der Waals surface area contributed by atoms with Crippen molar-refractivity contribution >= 4 is 27.5 Å². The van der Waals surface area contributed by atoms with Crippen molar-refractivity contribution in [3.05, 3.63) is 22.4 Å². The van der Waals surface area contributed by atoms with Gasteiger partial charge in [-0.1, -0.05) is 0 Å². The predicted molar refractivity (Wildman–Crippen MR) is 57.8 cm³/mol. The van der Waals surface area contributed by atoms with Gasteiger partial charge in [0.1, 0.15) is 11.6 Å². The minimum absolute atomic E-state index is 0.0666. The van der Waals surface area contributed by atoms with E-state index >= 15 is 0 Å². The highest BCUT2D eigenvalue weighted by Gasteiger charge is 2.07. The summed E-state index contributed by atoms with van der Waals surface area (Å²) >= 11 is 2.99. The third-order valence-electron chi connectivity index (χ3n) is 1.66. The number of hydrogen-bond donors (Lipinski definition) is 2. The van der Waals surface area contributed by atoms with Crippen LogP contribution in [0, 0.1) is 5.82 Å². The van der Waals surface area contributed by atoms with Gasteiger partial charge in [0.25, 0.3) is 0 Å². The highest BCUT2D eigenvalue weighted by Crippen LogP contribution is 2.28. The number of carbonyl (C=O) groups is 1. The number of nitrogens with two attached hydrogens (primary N) is 2. The van der Waals surface area contributed by atoms with Crippen LogP contribution >= 0.6 is 15.9 Å². The van der Waals surface area contributed by atoms with Crippen LogP contribution in [0.15, 0.2) is 16.6 Å². The van der Waals surface area contributed by atoms with Crippen LogP contribution in [0.5, 0.6) is 5.75 Å². The molecule has 1 aromatic carbocycles. The Labute approximate surface area is 94.5 Å². The molecule has 6 heteroatoms. The molecule has 1 amide bonds. The first-order chi connectivity index (χ1) is 7.00. The summed E-state index contributed by atoms with van der Waals surface area (Å²) < 4.78 is 18.4. The van der Waals surface area contributed by atoms with Gasteiger partial charge in [-0.2, -0.15) is 0 Å². The molecule has 0 aromatic heterocycles. The highest BCUT2D eigenvalue weighted by atomic mass is 79.9. The SMILES string of the molecule is NC(=O)CCOc1cc(F)c(Br)cc1N. The van der Waals surface area contributed by atoms with Crippen LogP contribution < -0.4 is 16.2 Å². The minimum atomic E-state index is -0.480. The Kier molecular flexibility index (Phi) is 3.90. The summed E-state index contributed by atoms with van der Waals surface area (Å²) in [5, 5.41) is 0. The Morgan fingerprint density at radius 1 is 1.53 bits per heavy atom. The monoisotopic (exact) mass is 276 g/mol. The molecule has 0 atom stereocenters. The zero-order valence-electron chi connectivity index (χ0n) is 7.80. The fourth-order valence-electron chi connectivity index (χ4n) is 0.931. The molecular formula is C9H10BrFN2O2. The van der Waals surface area contributed by atoms with Crippen molar-refractivity contribution in [1.29, 1.82) is 0 Å². The van der Waals surface area contributed by atoms with Crippen molar-refractivity contribution in [2.75, 3.05) is 12.3 Å². The van der Waals surface area contributed by atoms with Gasteiger partial charge < -0.3 is 16.2 Å². The van der Waals surface area contributed by atoms with Gasteiger partial charge in [0.05, 0.1) is 23.2 Å². The molecule has 0 spiro atoms. The van der Waals surface area contributed by atoms with Gasteiger partial charge >= 0.3 is 0 Å². The number of halogens is 2. The van der Waals surface area contributed by atoms with Crippen LogP contribution in [0.4, 0.5) is 10.1 Å². The van der Waals surface area contributed by atoms with E-state index in [0.717, 1.165) is 6.07 Å². The molecule has 0 saturated carbocycles. The van der Waals surface area contributed by atoms with E-state index in [4.69, 9.17) is 16.2 Å². The van der Waals surface area contributed by atoms with E-state index in [1.165, 1.54) is 6.07 Å². The van der Waals surface area contributed by atoms with Gasteiger partial charge in [0.2, 0.25) is 5.91 Å². The van der Waals surface area contributed by atoms with E-state index in [2.05, 4.69) is 15.9 Å². The van der Waals surface area contributed by atoms with Crippen molar-refractivity contribution in [3.63, 3.8) is 0 Å². The lowest BCUT2D eigenvalue weighted by Gasteiger charge is -2.08. The summed E-state index contributed by atoms with van der Waals surface area (Å²) in [4.78, 5) is 10.4. The minimum Gasteiger partial charge on any atom is -0.491 e. The third-order valence-corrected chi connectivity index (χ3v) is 2.27. The molecule has 0 bridgehead atoms. The van der Waals surface area contributed by atoms with Crippen LogP contribution in [0.3, 0.4) is 0 Å². The number of anilines is 1. The third kappa shape index (κ3) is 3.39. The lowest BCUT2D eigenvalue weighted by atomic mass is 10.3. The second-order valence-electron chi connectivity index (χ2n) is 2.87. The molecule has 1 aromatic rings. The Bertz CT molecular complexity index is 385. The molecule has 4 nitrogen and oxygen atoms in total. The first-order valence-corrected chi connectivity index (χ1v) is 4.95. The molecule has 0 fully saturated rings. The van der Waals surface area contributed by atoms with Crippen LogP contribution in [-0.2, 0) is 4.79 Å². The molecule has 0 unspecified atom stereocenters. The molecule has 0 radical (unpaired) electrons. The van der Waals surface area contributed by atoms with Gasteiger partial charge in [-0.25, -0.2) is 4.39 Å². The quantitative estimate of drug-likeness (QED) is 0.817. The maximum absolute atomic E-state index is 13.1. The molecule has 0 saturated heterocycles. The lowest BCUT2D eigenvalue weighted by molar-refractivity contribution is -0.118. The average molecular weight is 277 g/mol. The summed E-state index contributed by atoms with van der Waals surface area (Å²) in [5.41, 5.74) is 10.8. The van der Waals surface area contributed by atoms with E-state index in [0.29, 0.717) is 5.69 Å². The number of benzene rings is 1. The fraction of sp³-hybridized carbons (Fsp3) is 0.222. The van der Waals surface area contributed by atoms with Crippen LogP contribution in [0.2, 0.25) is 0 Å². The van der Waals surface area contributed by atoms with Crippen molar-refractivity contribution in [2.24, 2.45) is 5.73 Å². The number of nitrogen functional groups attached to an aromatic ring is 1. The van der Waals surface area contributed by atoms with Crippen LogP contribution in [0.1, 0.15) is 6.42 Å². The van der Waals surface area contributed by atoms with Gasteiger partial charge in [-0.3, -0.25) is 4.79 Å². The van der Waals surface area contributed by atoms with Gasteiger partial charge in [0.15, 0.2) is 0 Å². The van der Waals surface area contributed by atoms with Crippen molar-refractivity contribution < 1.29 is 13.9 Å². The number of hydrogen-bond acceptors (Lipinski definition) is 3. The lowest BCUT2D eigenvalue weighted by Crippen LogP contribution is -2.15. The number of rotatable bonds is 4. The Hall–Kier alpha value is -1.30. The zero-order chi connectivity index (χ0) is 11.4. The second-order valence-corrected chi connectivity index (χ2v) is 3.72. The molecule has 82 valence electrons. The first-order valence-electron chi connectivity index (χ1n) is 4.16. The summed E-state index contributed by atoms with van der Waals surface area (Å²) in [6.07, 6.45) is 0.0666. The molecule has 1 rings (SSSR count). The normalized spacial score (nSPS) is 10.0. The van der Waals surface area contributed by atoms with Crippen LogP contribution in [-0.4, -0.2) is 12.5 Å². The smallest absolute Gasteiger partial charge is 0.220 e. The van der Waals surface area contributed by atoms with Crippen LogP contribution in [0.25, 0.3) is 0 Å². The number of carbonyl (C=O) groups excluding carboxylic acids is 1. The van der Waals surface area contributed by atoms with Gasteiger partial charge in [-0.15, -0.1) is 0 Å². The molecule has 0 aliphatic carbocycles. The zero-order valence-corrected chi connectivity index (χ0v) is 9.38. The molecule has 4 N–H and O–H groups in total. The summed E-state index contributed by atoms with van der Waals surface area (Å²) in [6.45, 7) is 0.0839. The van der Waals surface area contributed by atoms with E-state index in [1.54, 1.807) is 0 Å². The summed E-state index contributed by atoms with van der Waals surface area (Å²) in [7, 11) is 0. The molecule has 0 aliphatic heterocycles.